The van der Waals surface area contributed by atoms with Crippen LogP contribution in [0.5, 0.6) is 0 Å². The number of amides is 1. The van der Waals surface area contributed by atoms with Crippen molar-refractivity contribution in [1.29, 1.82) is 0 Å². The van der Waals surface area contributed by atoms with Gasteiger partial charge in [-0.2, -0.15) is 11.3 Å². The van der Waals surface area contributed by atoms with Crippen LogP contribution in [0.25, 0.3) is 0 Å². The Morgan fingerprint density at radius 1 is 1.62 bits per heavy atom. The normalized spacial score (nSPS) is 28.5. The van der Waals surface area contributed by atoms with Gasteiger partial charge in [-0.15, -0.1) is 0 Å². The summed E-state index contributed by atoms with van der Waals surface area (Å²) in [7, 11) is 0. The Morgan fingerprint density at radius 3 is 3.08 bits per heavy atom. The molecule has 3 nitrogen and oxygen atoms in total. The molecular weight excluding hydrogens is 184 g/mol. The molecule has 2 N–H and O–H groups in total. The molecule has 13 heavy (non-hydrogen) atoms. The van der Waals surface area contributed by atoms with Crippen molar-refractivity contribution in [3.63, 3.8) is 0 Å². The second kappa shape index (κ2) is 3.47. The summed E-state index contributed by atoms with van der Waals surface area (Å²) in [6.07, 6.45) is 0. The highest BCUT2D eigenvalue weighted by atomic mass is 32.1. The molecule has 1 unspecified atom stereocenters. The molecule has 1 amide bonds. The minimum Gasteiger partial charge on any atom is -0.353 e. The number of hydrogen-bond donors (Lipinski definition) is 2. The Bertz CT molecular complexity index is 297. The van der Waals surface area contributed by atoms with Gasteiger partial charge in [0.2, 0.25) is 5.91 Å². The van der Waals surface area contributed by atoms with E-state index < -0.39 is 0 Å². The Hall–Kier alpha value is -0.870. The molecule has 70 valence electrons. The Morgan fingerprint density at radius 2 is 2.46 bits per heavy atom. The molecule has 1 aromatic rings. The summed E-state index contributed by atoms with van der Waals surface area (Å²) in [6, 6.07) is 2.28. The third kappa shape index (κ3) is 1.73. The topological polar surface area (TPSA) is 41.1 Å². The van der Waals surface area contributed by atoms with Crippen LogP contribution in [0.1, 0.15) is 18.5 Å². The summed E-state index contributed by atoms with van der Waals surface area (Å²) in [4.78, 5) is 11.1. The average Bonchev–Trinajstić information content (AvgIpc) is 2.62. The van der Waals surface area contributed by atoms with E-state index >= 15 is 0 Å². The van der Waals surface area contributed by atoms with Gasteiger partial charge in [0.15, 0.2) is 0 Å². The van der Waals surface area contributed by atoms with Crippen molar-refractivity contribution in [2.75, 3.05) is 6.54 Å². The van der Waals surface area contributed by atoms with E-state index in [1.807, 2.05) is 6.92 Å². The third-order valence-electron chi connectivity index (χ3n) is 2.27. The van der Waals surface area contributed by atoms with Gasteiger partial charge in [0, 0.05) is 6.54 Å². The van der Waals surface area contributed by atoms with E-state index in [-0.39, 0.29) is 18.0 Å². The van der Waals surface area contributed by atoms with Crippen molar-refractivity contribution < 1.29 is 4.79 Å². The number of hydrogen-bond acceptors (Lipinski definition) is 3. The predicted molar refractivity (Wildman–Crippen MR) is 52.7 cm³/mol. The maximum atomic E-state index is 11.1. The van der Waals surface area contributed by atoms with Gasteiger partial charge in [0.05, 0.1) is 12.1 Å². The minimum atomic E-state index is -0.0846. The maximum Gasteiger partial charge on any atom is 0.236 e. The summed E-state index contributed by atoms with van der Waals surface area (Å²) in [5, 5.41) is 10.3. The fraction of sp³-hybridized carbons (Fsp3) is 0.444. The quantitative estimate of drug-likeness (QED) is 0.700. The molecule has 0 radical (unpaired) electrons. The van der Waals surface area contributed by atoms with Crippen molar-refractivity contribution in [1.82, 2.24) is 10.6 Å². The van der Waals surface area contributed by atoms with Crippen LogP contribution in [0, 0.1) is 0 Å². The predicted octanol–water partition coefficient (Wildman–Crippen LogP) is 0.897. The summed E-state index contributed by atoms with van der Waals surface area (Å²) < 4.78 is 0. The third-order valence-corrected chi connectivity index (χ3v) is 2.97. The molecule has 0 saturated carbocycles. The second-order valence-electron chi connectivity index (χ2n) is 3.24. The lowest BCUT2D eigenvalue weighted by atomic mass is 10.1. The zero-order valence-corrected chi connectivity index (χ0v) is 8.23. The molecular formula is C9H12N2OS. The molecule has 0 bridgehead atoms. The summed E-state index contributed by atoms with van der Waals surface area (Å²) in [5.74, 6) is 0.0893. The first-order chi connectivity index (χ1) is 6.27. The lowest BCUT2D eigenvalue weighted by Crippen LogP contribution is -2.52. The van der Waals surface area contributed by atoms with Crippen LogP contribution in [-0.2, 0) is 4.79 Å². The molecule has 1 fully saturated rings. The highest BCUT2D eigenvalue weighted by Gasteiger charge is 2.24. The number of thiophene rings is 1. The highest BCUT2D eigenvalue weighted by Crippen LogP contribution is 2.18. The maximum absolute atomic E-state index is 11.1. The van der Waals surface area contributed by atoms with Gasteiger partial charge in [-0.25, -0.2) is 0 Å². The summed E-state index contributed by atoms with van der Waals surface area (Å²) >= 11 is 1.68. The van der Waals surface area contributed by atoms with Crippen LogP contribution < -0.4 is 10.6 Å². The van der Waals surface area contributed by atoms with E-state index in [0.717, 1.165) is 0 Å². The summed E-state index contributed by atoms with van der Waals surface area (Å²) in [5.41, 5.74) is 1.26. The van der Waals surface area contributed by atoms with Crippen molar-refractivity contribution in [3.05, 3.63) is 22.4 Å². The second-order valence-corrected chi connectivity index (χ2v) is 4.02. The van der Waals surface area contributed by atoms with Gasteiger partial charge in [-0.05, 0) is 29.3 Å². The van der Waals surface area contributed by atoms with E-state index in [0.29, 0.717) is 6.54 Å². The molecule has 4 heteroatoms. The highest BCUT2D eigenvalue weighted by molar-refractivity contribution is 7.07. The van der Waals surface area contributed by atoms with Crippen molar-refractivity contribution >= 4 is 17.2 Å². The lowest BCUT2D eigenvalue weighted by Gasteiger charge is -2.28. The molecule has 2 heterocycles. The standard InChI is InChI=1S/C9H12N2OS/c1-6-9(12)10-4-8(11-6)7-2-3-13-5-7/h2-3,5-6,8,11H,4H2,1H3,(H,10,12)/t6-,8?/m0/s1. The van der Waals surface area contributed by atoms with Gasteiger partial charge in [-0.3, -0.25) is 10.1 Å². The van der Waals surface area contributed by atoms with Gasteiger partial charge in [0.25, 0.3) is 0 Å². The van der Waals surface area contributed by atoms with Crippen LogP contribution in [-0.4, -0.2) is 18.5 Å². The fourth-order valence-electron chi connectivity index (χ4n) is 1.48. The zero-order valence-electron chi connectivity index (χ0n) is 7.41. The summed E-state index contributed by atoms with van der Waals surface area (Å²) in [6.45, 7) is 2.58. The largest absolute Gasteiger partial charge is 0.353 e. The van der Waals surface area contributed by atoms with E-state index in [9.17, 15) is 4.79 Å². The van der Waals surface area contributed by atoms with E-state index in [4.69, 9.17) is 0 Å². The number of rotatable bonds is 1. The molecule has 1 aliphatic heterocycles. The Balaban J connectivity index is 2.07. The molecule has 0 spiro atoms. The van der Waals surface area contributed by atoms with Gasteiger partial charge < -0.3 is 5.32 Å². The van der Waals surface area contributed by atoms with E-state index in [1.54, 1.807) is 11.3 Å². The Labute approximate surface area is 81.2 Å². The zero-order chi connectivity index (χ0) is 9.26. The number of carbonyl (C=O) groups is 1. The van der Waals surface area contributed by atoms with Crippen molar-refractivity contribution in [2.45, 2.75) is 19.0 Å². The first kappa shape index (κ1) is 8.72. The minimum absolute atomic E-state index is 0.0846. The van der Waals surface area contributed by atoms with Crippen molar-refractivity contribution in [2.24, 2.45) is 0 Å². The van der Waals surface area contributed by atoms with Gasteiger partial charge >= 0.3 is 0 Å². The fourth-order valence-corrected chi connectivity index (χ4v) is 2.19. The molecule has 1 aliphatic rings. The molecule has 1 aromatic heterocycles. The SMILES string of the molecule is C[C@@H]1NC(c2ccsc2)CNC1=O. The van der Waals surface area contributed by atoms with E-state index in [1.165, 1.54) is 5.56 Å². The van der Waals surface area contributed by atoms with Crippen LogP contribution in [0.4, 0.5) is 0 Å². The molecule has 0 aliphatic carbocycles. The van der Waals surface area contributed by atoms with Gasteiger partial charge in [-0.1, -0.05) is 0 Å². The van der Waals surface area contributed by atoms with Crippen LogP contribution in [0.2, 0.25) is 0 Å². The monoisotopic (exact) mass is 196 g/mol. The Kier molecular flexibility index (Phi) is 2.33. The van der Waals surface area contributed by atoms with Gasteiger partial charge in [0.1, 0.15) is 0 Å². The molecule has 2 atom stereocenters. The molecule has 0 aromatic carbocycles. The molecule has 2 rings (SSSR count). The number of piperazine rings is 1. The number of carbonyl (C=O) groups excluding carboxylic acids is 1. The van der Waals surface area contributed by atoms with Crippen LogP contribution >= 0.6 is 11.3 Å². The van der Waals surface area contributed by atoms with Crippen LogP contribution in [0.3, 0.4) is 0 Å². The first-order valence-corrected chi connectivity index (χ1v) is 5.27. The van der Waals surface area contributed by atoms with Crippen molar-refractivity contribution in [3.8, 4) is 0 Å². The smallest absolute Gasteiger partial charge is 0.236 e. The number of nitrogens with one attached hydrogen (secondary N) is 2. The van der Waals surface area contributed by atoms with E-state index in [2.05, 4.69) is 27.5 Å². The van der Waals surface area contributed by atoms with Crippen LogP contribution in [0.15, 0.2) is 16.8 Å². The first-order valence-electron chi connectivity index (χ1n) is 4.33. The molecule has 1 saturated heterocycles. The lowest BCUT2D eigenvalue weighted by molar-refractivity contribution is -0.124. The average molecular weight is 196 g/mol.